The molecule has 1 aromatic rings. The van der Waals surface area contributed by atoms with E-state index in [0.29, 0.717) is 25.3 Å². The van der Waals surface area contributed by atoms with Crippen molar-refractivity contribution in [2.75, 3.05) is 27.4 Å². The van der Waals surface area contributed by atoms with Crippen molar-refractivity contribution in [1.29, 1.82) is 0 Å². The van der Waals surface area contributed by atoms with Crippen LogP contribution in [0.4, 0.5) is 8.78 Å². The highest BCUT2D eigenvalue weighted by molar-refractivity contribution is 5.18. The molecule has 0 bridgehead atoms. The summed E-state index contributed by atoms with van der Waals surface area (Å²) in [5.74, 6) is -1.11. The van der Waals surface area contributed by atoms with Crippen LogP contribution in [0.15, 0.2) is 18.2 Å². The van der Waals surface area contributed by atoms with Gasteiger partial charge in [0.25, 0.3) is 0 Å². The summed E-state index contributed by atoms with van der Waals surface area (Å²) in [6.07, 6.45) is -0.0801. The molecule has 0 amide bonds. The lowest BCUT2D eigenvalue weighted by Gasteiger charge is -2.15. The highest BCUT2D eigenvalue weighted by Crippen LogP contribution is 2.08. The Morgan fingerprint density at radius 1 is 1.29 bits per heavy atom. The van der Waals surface area contributed by atoms with E-state index in [4.69, 9.17) is 9.47 Å². The van der Waals surface area contributed by atoms with E-state index in [2.05, 4.69) is 5.32 Å². The monoisotopic (exact) mass is 245 g/mol. The molecule has 0 fully saturated rings. The third-order valence-electron chi connectivity index (χ3n) is 2.39. The number of hydrogen-bond acceptors (Lipinski definition) is 3. The first-order valence-electron chi connectivity index (χ1n) is 5.33. The van der Waals surface area contributed by atoms with E-state index in [1.165, 1.54) is 12.1 Å². The van der Waals surface area contributed by atoms with Crippen LogP contribution in [-0.2, 0) is 16.0 Å². The lowest BCUT2D eigenvalue weighted by molar-refractivity contribution is 0.0287. The summed E-state index contributed by atoms with van der Waals surface area (Å²) in [5.41, 5.74) is 0.429. The molecular formula is C12H17F2NO2. The van der Waals surface area contributed by atoms with Crippen molar-refractivity contribution in [1.82, 2.24) is 5.32 Å². The molecule has 5 heteroatoms. The molecule has 0 spiro atoms. The average Bonchev–Trinajstić information content (AvgIpc) is 2.30. The van der Waals surface area contributed by atoms with Crippen LogP contribution in [0.5, 0.6) is 0 Å². The zero-order valence-corrected chi connectivity index (χ0v) is 10.0. The molecule has 1 N–H and O–H groups in total. The Kier molecular flexibility index (Phi) is 6.04. The van der Waals surface area contributed by atoms with Crippen molar-refractivity contribution >= 4 is 0 Å². The van der Waals surface area contributed by atoms with Crippen molar-refractivity contribution < 1.29 is 18.3 Å². The van der Waals surface area contributed by atoms with Crippen LogP contribution >= 0.6 is 0 Å². The molecular weight excluding hydrogens is 228 g/mol. The molecule has 17 heavy (non-hydrogen) atoms. The van der Waals surface area contributed by atoms with E-state index in [9.17, 15) is 8.78 Å². The first-order chi connectivity index (χ1) is 8.17. The molecule has 0 aliphatic carbocycles. The molecule has 0 saturated heterocycles. The summed E-state index contributed by atoms with van der Waals surface area (Å²) in [6, 6.07) is 3.54. The number of nitrogens with one attached hydrogen (secondary N) is 1. The van der Waals surface area contributed by atoms with Gasteiger partial charge >= 0.3 is 0 Å². The third kappa shape index (κ3) is 4.77. The zero-order valence-electron chi connectivity index (χ0n) is 10.0. The molecule has 3 nitrogen and oxygen atoms in total. The minimum atomic E-state index is -0.569. The molecule has 96 valence electrons. The van der Waals surface area contributed by atoms with E-state index in [1.54, 1.807) is 14.2 Å². The second-order valence-electron chi connectivity index (χ2n) is 3.68. The lowest BCUT2D eigenvalue weighted by Crippen LogP contribution is -2.31. The maximum atomic E-state index is 13.3. The van der Waals surface area contributed by atoms with Gasteiger partial charge in [-0.05, 0) is 6.07 Å². The molecule has 0 aromatic heterocycles. The Morgan fingerprint density at radius 3 is 2.65 bits per heavy atom. The Labute approximate surface area is 99.7 Å². The van der Waals surface area contributed by atoms with Crippen LogP contribution < -0.4 is 5.32 Å². The summed E-state index contributed by atoms with van der Waals surface area (Å²) in [7, 11) is 3.18. The van der Waals surface area contributed by atoms with E-state index < -0.39 is 11.6 Å². The molecule has 1 unspecified atom stereocenters. The van der Waals surface area contributed by atoms with Gasteiger partial charge in [0, 0.05) is 38.9 Å². The number of hydrogen-bond donors (Lipinski definition) is 1. The number of benzene rings is 1. The number of methoxy groups -OCH3 is 2. The number of rotatable bonds is 7. The maximum absolute atomic E-state index is 13.3. The van der Waals surface area contributed by atoms with Crippen LogP contribution in [0.3, 0.4) is 0 Å². The summed E-state index contributed by atoms with van der Waals surface area (Å²) in [6.45, 7) is 1.34. The Hall–Kier alpha value is -1.04. The highest BCUT2D eigenvalue weighted by Gasteiger charge is 2.07. The van der Waals surface area contributed by atoms with E-state index in [1.807, 2.05) is 0 Å². The molecule has 1 rings (SSSR count). The Balaban J connectivity index is 2.39. The summed E-state index contributed by atoms with van der Waals surface area (Å²) < 4.78 is 36.0. The largest absolute Gasteiger partial charge is 0.382 e. The lowest BCUT2D eigenvalue weighted by atomic mass is 10.2. The maximum Gasteiger partial charge on any atom is 0.130 e. The molecule has 0 saturated carbocycles. The summed E-state index contributed by atoms with van der Waals surface area (Å²) in [4.78, 5) is 0. The van der Waals surface area contributed by atoms with Crippen molar-refractivity contribution in [2.45, 2.75) is 12.6 Å². The predicted octanol–water partition coefficient (Wildman–Crippen LogP) is 1.72. The van der Waals surface area contributed by atoms with Crippen molar-refractivity contribution in [2.24, 2.45) is 0 Å². The van der Waals surface area contributed by atoms with Crippen molar-refractivity contribution in [3.05, 3.63) is 35.4 Å². The summed E-state index contributed by atoms with van der Waals surface area (Å²) in [5, 5.41) is 3.03. The topological polar surface area (TPSA) is 30.5 Å². The Morgan fingerprint density at radius 2 is 2.06 bits per heavy atom. The SMILES string of the molecule is COCC(CNCc1ccc(F)cc1F)OC. The van der Waals surface area contributed by atoms with Gasteiger partial charge in [-0.15, -0.1) is 0 Å². The Bertz CT molecular complexity index is 347. The van der Waals surface area contributed by atoms with Crippen LogP contribution in [-0.4, -0.2) is 33.5 Å². The van der Waals surface area contributed by atoms with Crippen molar-refractivity contribution in [3.8, 4) is 0 Å². The minimum Gasteiger partial charge on any atom is -0.382 e. The van der Waals surface area contributed by atoms with Crippen LogP contribution in [0.1, 0.15) is 5.56 Å². The van der Waals surface area contributed by atoms with Gasteiger partial charge in [0.05, 0.1) is 12.7 Å². The fourth-order valence-electron chi connectivity index (χ4n) is 1.43. The molecule has 0 aliphatic rings. The van der Waals surface area contributed by atoms with Gasteiger partial charge in [-0.1, -0.05) is 6.07 Å². The van der Waals surface area contributed by atoms with Gasteiger partial charge in [-0.25, -0.2) is 8.78 Å². The van der Waals surface area contributed by atoms with Gasteiger partial charge in [0.1, 0.15) is 11.6 Å². The second-order valence-corrected chi connectivity index (χ2v) is 3.68. The minimum absolute atomic E-state index is 0.0801. The fraction of sp³-hybridized carbons (Fsp3) is 0.500. The highest BCUT2D eigenvalue weighted by atomic mass is 19.1. The van der Waals surface area contributed by atoms with Gasteiger partial charge in [0.15, 0.2) is 0 Å². The normalized spacial score (nSPS) is 12.7. The smallest absolute Gasteiger partial charge is 0.130 e. The number of ether oxygens (including phenoxy) is 2. The standard InChI is InChI=1S/C12H17F2NO2/c1-16-8-11(17-2)7-15-6-9-3-4-10(13)5-12(9)14/h3-5,11,15H,6-8H2,1-2H3. The zero-order chi connectivity index (χ0) is 12.7. The quantitative estimate of drug-likeness (QED) is 0.793. The molecule has 1 aromatic carbocycles. The third-order valence-corrected chi connectivity index (χ3v) is 2.39. The van der Waals surface area contributed by atoms with Gasteiger partial charge in [-0.3, -0.25) is 0 Å². The van der Waals surface area contributed by atoms with E-state index in [0.717, 1.165) is 6.07 Å². The van der Waals surface area contributed by atoms with E-state index in [-0.39, 0.29) is 6.10 Å². The predicted molar refractivity (Wildman–Crippen MR) is 60.7 cm³/mol. The first-order valence-corrected chi connectivity index (χ1v) is 5.33. The first kappa shape index (κ1) is 14.0. The molecule has 0 aliphatic heterocycles. The van der Waals surface area contributed by atoms with Gasteiger partial charge in [-0.2, -0.15) is 0 Å². The van der Waals surface area contributed by atoms with Crippen LogP contribution in [0.2, 0.25) is 0 Å². The van der Waals surface area contributed by atoms with Crippen LogP contribution in [0, 0.1) is 11.6 Å². The van der Waals surface area contributed by atoms with E-state index >= 15 is 0 Å². The van der Waals surface area contributed by atoms with Gasteiger partial charge in [0.2, 0.25) is 0 Å². The number of halogens is 2. The molecule has 0 radical (unpaired) electrons. The molecule has 0 heterocycles. The van der Waals surface area contributed by atoms with Gasteiger partial charge < -0.3 is 14.8 Å². The average molecular weight is 245 g/mol. The molecule has 1 atom stereocenters. The fourth-order valence-corrected chi connectivity index (χ4v) is 1.43. The summed E-state index contributed by atoms with van der Waals surface area (Å²) >= 11 is 0. The second kappa shape index (κ2) is 7.32. The van der Waals surface area contributed by atoms with Crippen LogP contribution in [0.25, 0.3) is 0 Å². The van der Waals surface area contributed by atoms with Crippen molar-refractivity contribution in [3.63, 3.8) is 0 Å².